The lowest BCUT2D eigenvalue weighted by molar-refractivity contribution is 0.282. The van der Waals surface area contributed by atoms with Crippen LogP contribution in [0.2, 0.25) is 0 Å². The van der Waals surface area contributed by atoms with E-state index in [4.69, 9.17) is 10.8 Å². The number of nitrogens with one attached hydrogen (secondary N) is 1. The minimum atomic E-state index is 0.0752. The number of hydrogen-bond acceptors (Lipinski definition) is 3. The molecular weight excluding hydrogens is 164 g/mol. The Bertz CT molecular complexity index is 250. The van der Waals surface area contributed by atoms with E-state index in [1.165, 1.54) is 0 Å². The van der Waals surface area contributed by atoms with Gasteiger partial charge in [0.15, 0.2) is 0 Å². The molecule has 72 valence electrons. The van der Waals surface area contributed by atoms with Gasteiger partial charge in [0, 0.05) is 17.8 Å². The molecule has 0 amide bonds. The van der Waals surface area contributed by atoms with Crippen molar-refractivity contribution >= 4 is 5.69 Å². The van der Waals surface area contributed by atoms with Crippen molar-refractivity contribution in [2.24, 2.45) is 5.73 Å². The molecule has 0 aliphatic heterocycles. The lowest BCUT2D eigenvalue weighted by Crippen LogP contribution is -2.09. The number of benzene rings is 1. The Labute approximate surface area is 78.6 Å². The maximum absolute atomic E-state index is 9.01. The van der Waals surface area contributed by atoms with Crippen LogP contribution in [0.25, 0.3) is 0 Å². The van der Waals surface area contributed by atoms with E-state index in [2.05, 4.69) is 5.32 Å². The predicted octanol–water partition coefficient (Wildman–Crippen LogP) is 0.940. The van der Waals surface area contributed by atoms with Crippen LogP contribution in [0.1, 0.15) is 12.0 Å². The zero-order chi connectivity index (χ0) is 9.52. The SMILES string of the molecule is NCCCNc1ccccc1CO. The van der Waals surface area contributed by atoms with Crippen molar-refractivity contribution in [3.05, 3.63) is 29.8 Å². The van der Waals surface area contributed by atoms with E-state index in [1.54, 1.807) is 0 Å². The summed E-state index contributed by atoms with van der Waals surface area (Å²) in [7, 11) is 0. The minimum Gasteiger partial charge on any atom is -0.392 e. The highest BCUT2D eigenvalue weighted by Crippen LogP contribution is 2.14. The number of aliphatic hydroxyl groups is 1. The number of nitrogens with two attached hydrogens (primary N) is 1. The van der Waals surface area contributed by atoms with Gasteiger partial charge in [0.05, 0.1) is 6.61 Å². The van der Waals surface area contributed by atoms with E-state index in [0.29, 0.717) is 6.54 Å². The second-order valence-corrected chi connectivity index (χ2v) is 2.88. The number of rotatable bonds is 5. The van der Waals surface area contributed by atoms with E-state index in [9.17, 15) is 0 Å². The highest BCUT2D eigenvalue weighted by Gasteiger charge is 1.97. The van der Waals surface area contributed by atoms with Crippen molar-refractivity contribution in [3.8, 4) is 0 Å². The van der Waals surface area contributed by atoms with Gasteiger partial charge >= 0.3 is 0 Å². The van der Waals surface area contributed by atoms with Crippen LogP contribution in [-0.2, 0) is 6.61 Å². The largest absolute Gasteiger partial charge is 0.392 e. The van der Waals surface area contributed by atoms with Gasteiger partial charge in [-0.1, -0.05) is 18.2 Å². The summed E-state index contributed by atoms with van der Waals surface area (Å²) in [6.45, 7) is 1.62. The first-order valence-electron chi connectivity index (χ1n) is 4.51. The van der Waals surface area contributed by atoms with Crippen LogP contribution in [0.15, 0.2) is 24.3 Å². The third-order valence-corrected chi connectivity index (χ3v) is 1.88. The van der Waals surface area contributed by atoms with Gasteiger partial charge in [0.2, 0.25) is 0 Å². The fourth-order valence-corrected chi connectivity index (χ4v) is 1.16. The molecule has 0 aromatic heterocycles. The molecule has 0 unspecified atom stereocenters. The lowest BCUT2D eigenvalue weighted by Gasteiger charge is -2.09. The van der Waals surface area contributed by atoms with Crippen LogP contribution in [0.3, 0.4) is 0 Å². The Balaban J connectivity index is 2.54. The van der Waals surface area contributed by atoms with Crippen molar-refractivity contribution in [1.82, 2.24) is 0 Å². The average molecular weight is 180 g/mol. The number of anilines is 1. The van der Waals surface area contributed by atoms with Crippen LogP contribution >= 0.6 is 0 Å². The van der Waals surface area contributed by atoms with Crippen molar-refractivity contribution in [3.63, 3.8) is 0 Å². The van der Waals surface area contributed by atoms with Crippen LogP contribution in [-0.4, -0.2) is 18.2 Å². The Kier molecular flexibility index (Phi) is 4.29. The molecule has 0 radical (unpaired) electrons. The molecule has 13 heavy (non-hydrogen) atoms. The maximum atomic E-state index is 9.01. The zero-order valence-corrected chi connectivity index (χ0v) is 7.66. The molecule has 0 saturated carbocycles. The molecular formula is C10H16N2O. The third kappa shape index (κ3) is 3.05. The summed E-state index contributed by atoms with van der Waals surface area (Å²) in [5.74, 6) is 0. The predicted molar refractivity (Wildman–Crippen MR) is 54.5 cm³/mol. The first-order chi connectivity index (χ1) is 6.38. The molecule has 0 aliphatic rings. The summed E-state index contributed by atoms with van der Waals surface area (Å²) in [5, 5.41) is 12.2. The highest BCUT2D eigenvalue weighted by molar-refractivity contribution is 5.50. The van der Waals surface area contributed by atoms with Crippen molar-refractivity contribution in [1.29, 1.82) is 0 Å². The second-order valence-electron chi connectivity index (χ2n) is 2.88. The molecule has 0 aliphatic carbocycles. The highest BCUT2D eigenvalue weighted by atomic mass is 16.3. The lowest BCUT2D eigenvalue weighted by atomic mass is 10.2. The maximum Gasteiger partial charge on any atom is 0.0701 e. The van der Waals surface area contributed by atoms with E-state index in [-0.39, 0.29) is 6.61 Å². The fourth-order valence-electron chi connectivity index (χ4n) is 1.16. The van der Waals surface area contributed by atoms with Crippen LogP contribution < -0.4 is 11.1 Å². The van der Waals surface area contributed by atoms with Crippen molar-refractivity contribution < 1.29 is 5.11 Å². The monoisotopic (exact) mass is 180 g/mol. The molecule has 1 aromatic rings. The Morgan fingerprint density at radius 1 is 1.31 bits per heavy atom. The molecule has 4 N–H and O–H groups in total. The Morgan fingerprint density at radius 2 is 2.08 bits per heavy atom. The van der Waals surface area contributed by atoms with Gasteiger partial charge in [0.1, 0.15) is 0 Å². The molecule has 0 saturated heterocycles. The first kappa shape index (κ1) is 10.0. The number of para-hydroxylation sites is 1. The van der Waals surface area contributed by atoms with Gasteiger partial charge in [0.25, 0.3) is 0 Å². The normalized spacial score (nSPS) is 10.0. The summed E-state index contributed by atoms with van der Waals surface area (Å²) in [6.07, 6.45) is 0.944. The van der Waals surface area contributed by atoms with Gasteiger partial charge in [-0.15, -0.1) is 0 Å². The first-order valence-corrected chi connectivity index (χ1v) is 4.51. The van der Waals surface area contributed by atoms with Gasteiger partial charge in [-0.05, 0) is 19.0 Å². The molecule has 0 atom stereocenters. The summed E-state index contributed by atoms with van der Waals surface area (Å²) in [6, 6.07) is 7.73. The van der Waals surface area contributed by atoms with Crippen LogP contribution in [0.5, 0.6) is 0 Å². The average Bonchev–Trinajstić information content (AvgIpc) is 2.19. The van der Waals surface area contributed by atoms with Crippen molar-refractivity contribution in [2.45, 2.75) is 13.0 Å². The third-order valence-electron chi connectivity index (χ3n) is 1.88. The molecule has 3 heteroatoms. The molecule has 1 rings (SSSR count). The standard InChI is InChI=1S/C10H16N2O/c11-6-3-7-12-10-5-2-1-4-9(10)8-13/h1-2,4-5,12-13H,3,6-8,11H2. The summed E-state index contributed by atoms with van der Waals surface area (Å²) < 4.78 is 0. The van der Waals surface area contributed by atoms with Gasteiger partial charge in [-0.2, -0.15) is 0 Å². The van der Waals surface area contributed by atoms with Crippen molar-refractivity contribution in [2.75, 3.05) is 18.4 Å². The molecule has 0 fully saturated rings. The zero-order valence-electron chi connectivity index (χ0n) is 7.66. The molecule has 3 nitrogen and oxygen atoms in total. The number of hydrogen-bond donors (Lipinski definition) is 3. The smallest absolute Gasteiger partial charge is 0.0701 e. The fraction of sp³-hybridized carbons (Fsp3) is 0.400. The topological polar surface area (TPSA) is 58.3 Å². The molecule has 1 aromatic carbocycles. The summed E-state index contributed by atoms with van der Waals surface area (Å²) >= 11 is 0. The Hall–Kier alpha value is -1.06. The Morgan fingerprint density at radius 3 is 2.77 bits per heavy atom. The van der Waals surface area contributed by atoms with Gasteiger partial charge in [-0.3, -0.25) is 0 Å². The number of aliphatic hydroxyl groups excluding tert-OH is 1. The van der Waals surface area contributed by atoms with E-state index in [1.807, 2.05) is 24.3 Å². The minimum absolute atomic E-state index is 0.0752. The summed E-state index contributed by atoms with van der Waals surface area (Å²) in [5.41, 5.74) is 7.30. The molecule has 0 spiro atoms. The van der Waals surface area contributed by atoms with Crippen LogP contribution in [0.4, 0.5) is 5.69 Å². The van der Waals surface area contributed by atoms with Gasteiger partial charge in [-0.25, -0.2) is 0 Å². The summed E-state index contributed by atoms with van der Waals surface area (Å²) in [4.78, 5) is 0. The molecule has 0 bridgehead atoms. The van der Waals surface area contributed by atoms with E-state index >= 15 is 0 Å². The van der Waals surface area contributed by atoms with Crippen LogP contribution in [0, 0.1) is 0 Å². The van der Waals surface area contributed by atoms with E-state index < -0.39 is 0 Å². The quantitative estimate of drug-likeness (QED) is 0.591. The van der Waals surface area contributed by atoms with E-state index in [0.717, 1.165) is 24.2 Å². The molecule has 0 heterocycles. The van der Waals surface area contributed by atoms with Gasteiger partial charge < -0.3 is 16.2 Å². The second kappa shape index (κ2) is 5.56.